The number of methoxy groups -OCH3 is 1. The molecule has 10 heteroatoms. The van der Waals surface area contributed by atoms with Crippen molar-refractivity contribution in [2.75, 3.05) is 38.2 Å². The van der Waals surface area contributed by atoms with Gasteiger partial charge in [0.2, 0.25) is 0 Å². The highest BCUT2D eigenvalue weighted by Crippen LogP contribution is 2.34. The molecule has 2 fully saturated rings. The van der Waals surface area contributed by atoms with Crippen LogP contribution < -0.4 is 15.2 Å². The van der Waals surface area contributed by atoms with Gasteiger partial charge in [-0.25, -0.2) is 9.07 Å². The molecule has 9 nitrogen and oxygen atoms in total. The first kappa shape index (κ1) is 24.5. The number of piperazine rings is 1. The number of anilines is 1. The fraction of sp³-hybridized carbons (Fsp3) is 0.429. The molecule has 0 amide bonds. The SMILES string of the molecule is COc1ccc2cc(C(c3nnnn3C3CCCCC3)N3CCN(c4ccccc4F)CC3)c(=O)[nH]c2c1. The number of fused-ring (bicyclic) bond motifs is 1. The predicted octanol–water partition coefficient (Wildman–Crippen LogP) is 4.08. The zero-order valence-corrected chi connectivity index (χ0v) is 21.5. The molecule has 2 aliphatic rings. The average molecular weight is 518 g/mol. The summed E-state index contributed by atoms with van der Waals surface area (Å²) in [6.45, 7) is 2.53. The second-order valence-corrected chi connectivity index (χ2v) is 10.2. The number of tetrazole rings is 1. The van der Waals surface area contributed by atoms with Gasteiger partial charge in [0.15, 0.2) is 5.82 Å². The van der Waals surface area contributed by atoms with Gasteiger partial charge in [-0.05, 0) is 59.0 Å². The maximum atomic E-state index is 14.5. The van der Waals surface area contributed by atoms with Gasteiger partial charge in [-0.2, -0.15) is 0 Å². The highest BCUT2D eigenvalue weighted by atomic mass is 19.1. The molecule has 1 aliphatic carbocycles. The Kier molecular flexibility index (Phi) is 6.80. The first-order valence-corrected chi connectivity index (χ1v) is 13.3. The lowest BCUT2D eigenvalue weighted by Gasteiger charge is -2.40. The molecule has 38 heavy (non-hydrogen) atoms. The number of nitrogens with zero attached hydrogens (tertiary/aromatic N) is 6. The van der Waals surface area contributed by atoms with Crippen molar-refractivity contribution in [3.63, 3.8) is 0 Å². The summed E-state index contributed by atoms with van der Waals surface area (Å²) in [5.74, 6) is 1.15. The summed E-state index contributed by atoms with van der Waals surface area (Å²) in [6.07, 6.45) is 5.57. The van der Waals surface area contributed by atoms with E-state index in [-0.39, 0.29) is 17.4 Å². The monoisotopic (exact) mass is 517 g/mol. The Morgan fingerprint density at radius 2 is 1.82 bits per heavy atom. The molecule has 1 saturated carbocycles. The van der Waals surface area contributed by atoms with Crippen molar-refractivity contribution in [2.45, 2.75) is 44.2 Å². The third-order valence-electron chi connectivity index (χ3n) is 7.93. The summed E-state index contributed by atoms with van der Waals surface area (Å²) in [4.78, 5) is 20.9. The van der Waals surface area contributed by atoms with Gasteiger partial charge in [-0.1, -0.05) is 31.4 Å². The number of aromatic amines is 1. The van der Waals surface area contributed by atoms with Crippen molar-refractivity contribution >= 4 is 16.6 Å². The van der Waals surface area contributed by atoms with Crippen molar-refractivity contribution in [3.8, 4) is 5.75 Å². The molecule has 1 atom stereocenters. The number of aromatic nitrogens is 5. The zero-order chi connectivity index (χ0) is 26.1. The first-order chi connectivity index (χ1) is 18.6. The summed E-state index contributed by atoms with van der Waals surface area (Å²) in [5, 5.41) is 13.9. The highest BCUT2D eigenvalue weighted by molar-refractivity contribution is 5.80. The van der Waals surface area contributed by atoms with Gasteiger partial charge in [0.25, 0.3) is 5.56 Å². The van der Waals surface area contributed by atoms with Gasteiger partial charge in [-0.15, -0.1) is 5.10 Å². The van der Waals surface area contributed by atoms with Gasteiger partial charge >= 0.3 is 0 Å². The van der Waals surface area contributed by atoms with E-state index in [2.05, 4.69) is 30.3 Å². The van der Waals surface area contributed by atoms with E-state index >= 15 is 0 Å². The lowest BCUT2D eigenvalue weighted by Crippen LogP contribution is -2.49. The van der Waals surface area contributed by atoms with Gasteiger partial charge in [-0.3, -0.25) is 9.69 Å². The molecule has 1 aliphatic heterocycles. The Morgan fingerprint density at radius 1 is 1.03 bits per heavy atom. The molecular formula is C28H32FN7O2. The van der Waals surface area contributed by atoms with Crippen molar-refractivity contribution in [3.05, 3.63) is 76.1 Å². The fourth-order valence-corrected chi connectivity index (χ4v) is 5.92. The standard InChI is InChI=1S/C28H32FN7O2/c1-38-21-12-11-19-17-22(28(37)30-24(19)18-21)26(27-31-32-33-36(27)20-7-3-2-4-8-20)35-15-13-34(14-16-35)25-10-6-5-9-23(25)29/h5-6,9-12,17-18,20,26H,2-4,7-8,13-16H2,1H3,(H,30,37). The Balaban J connectivity index is 1.39. The van der Waals surface area contributed by atoms with Crippen LogP contribution >= 0.6 is 0 Å². The third-order valence-corrected chi connectivity index (χ3v) is 7.93. The Labute approximate surface area is 220 Å². The number of nitrogens with one attached hydrogen (secondary N) is 1. The normalized spacial score (nSPS) is 18.1. The fourth-order valence-electron chi connectivity index (χ4n) is 5.92. The summed E-state index contributed by atoms with van der Waals surface area (Å²) >= 11 is 0. The summed E-state index contributed by atoms with van der Waals surface area (Å²) in [5.41, 5.74) is 1.75. The van der Waals surface area contributed by atoms with Crippen molar-refractivity contribution in [2.24, 2.45) is 0 Å². The van der Waals surface area contributed by atoms with Crippen molar-refractivity contribution in [1.82, 2.24) is 30.1 Å². The Hall–Kier alpha value is -3.79. The van der Waals surface area contributed by atoms with Crippen LogP contribution in [0.25, 0.3) is 10.9 Å². The number of halogens is 1. The third kappa shape index (κ3) is 4.64. The van der Waals surface area contributed by atoms with E-state index in [0.717, 1.165) is 31.1 Å². The average Bonchev–Trinajstić information content (AvgIpc) is 3.44. The maximum Gasteiger partial charge on any atom is 0.253 e. The van der Waals surface area contributed by atoms with Crippen molar-refractivity contribution < 1.29 is 9.13 Å². The van der Waals surface area contributed by atoms with Gasteiger partial charge < -0.3 is 14.6 Å². The van der Waals surface area contributed by atoms with E-state index in [1.54, 1.807) is 13.2 Å². The lowest BCUT2D eigenvalue weighted by molar-refractivity contribution is 0.192. The van der Waals surface area contributed by atoms with Crippen LogP contribution in [-0.4, -0.2) is 63.4 Å². The second kappa shape index (κ2) is 10.5. The van der Waals surface area contributed by atoms with Gasteiger partial charge in [0.1, 0.15) is 17.6 Å². The first-order valence-electron chi connectivity index (χ1n) is 13.3. The number of hydrogen-bond donors (Lipinski definition) is 1. The van der Waals surface area contributed by atoms with Crippen LogP contribution in [0.4, 0.5) is 10.1 Å². The molecule has 1 unspecified atom stereocenters. The Bertz CT molecular complexity index is 1470. The molecule has 1 N–H and O–H groups in total. The van der Waals surface area contributed by atoms with Crippen LogP contribution in [0.15, 0.2) is 53.3 Å². The van der Waals surface area contributed by atoms with Gasteiger partial charge in [0.05, 0.1) is 24.4 Å². The van der Waals surface area contributed by atoms with E-state index in [9.17, 15) is 9.18 Å². The molecule has 3 heterocycles. The molecule has 2 aromatic carbocycles. The van der Waals surface area contributed by atoms with Crippen LogP contribution in [0.5, 0.6) is 5.75 Å². The minimum Gasteiger partial charge on any atom is -0.497 e. The molecular weight excluding hydrogens is 485 g/mol. The van der Waals surface area contributed by atoms with Crippen LogP contribution in [-0.2, 0) is 0 Å². The molecule has 6 rings (SSSR count). The van der Waals surface area contributed by atoms with Crippen LogP contribution in [0.1, 0.15) is 55.6 Å². The van der Waals surface area contributed by atoms with E-state index in [1.165, 1.54) is 12.5 Å². The predicted molar refractivity (Wildman–Crippen MR) is 143 cm³/mol. The molecule has 4 aromatic rings. The maximum absolute atomic E-state index is 14.5. The highest BCUT2D eigenvalue weighted by Gasteiger charge is 2.34. The molecule has 0 radical (unpaired) electrons. The molecule has 1 saturated heterocycles. The van der Waals surface area contributed by atoms with E-state index in [0.29, 0.717) is 54.5 Å². The summed E-state index contributed by atoms with van der Waals surface area (Å²) in [7, 11) is 1.61. The van der Waals surface area contributed by atoms with E-state index in [1.807, 2.05) is 41.1 Å². The largest absolute Gasteiger partial charge is 0.497 e. The number of benzene rings is 2. The van der Waals surface area contributed by atoms with Gasteiger partial charge in [0, 0.05) is 37.8 Å². The topological polar surface area (TPSA) is 92.2 Å². The number of ether oxygens (including phenoxy) is 1. The van der Waals surface area contributed by atoms with E-state index in [4.69, 9.17) is 4.74 Å². The zero-order valence-electron chi connectivity index (χ0n) is 21.5. The molecule has 2 aromatic heterocycles. The number of para-hydroxylation sites is 1. The molecule has 0 spiro atoms. The second-order valence-electron chi connectivity index (χ2n) is 10.2. The summed E-state index contributed by atoms with van der Waals surface area (Å²) in [6, 6.07) is 14.3. The minimum atomic E-state index is -0.426. The number of hydrogen-bond acceptors (Lipinski definition) is 7. The summed E-state index contributed by atoms with van der Waals surface area (Å²) < 4.78 is 21.8. The quantitative estimate of drug-likeness (QED) is 0.412. The lowest BCUT2D eigenvalue weighted by atomic mass is 9.95. The minimum absolute atomic E-state index is 0.175. The van der Waals surface area contributed by atoms with Crippen LogP contribution in [0.2, 0.25) is 0 Å². The number of H-pyrrole nitrogens is 1. The Morgan fingerprint density at radius 3 is 2.58 bits per heavy atom. The molecule has 198 valence electrons. The van der Waals surface area contributed by atoms with Crippen LogP contribution in [0, 0.1) is 5.82 Å². The smallest absolute Gasteiger partial charge is 0.253 e. The van der Waals surface area contributed by atoms with Crippen LogP contribution in [0.3, 0.4) is 0 Å². The van der Waals surface area contributed by atoms with Crippen molar-refractivity contribution in [1.29, 1.82) is 0 Å². The number of rotatable bonds is 6. The van der Waals surface area contributed by atoms with E-state index < -0.39 is 6.04 Å². The molecule has 0 bridgehead atoms. The number of pyridine rings is 1.